The molecule has 0 aromatic heterocycles. The Bertz CT molecular complexity index is 616. The Morgan fingerprint density at radius 1 is 0.719 bits per heavy atom. The van der Waals surface area contributed by atoms with Crippen molar-refractivity contribution in [2.45, 2.75) is 60.8 Å². The molecule has 2 fully saturated rings. The van der Waals surface area contributed by atoms with Gasteiger partial charge in [-0.25, -0.2) is 4.79 Å². The molecule has 0 spiro atoms. The lowest BCUT2D eigenvalue weighted by Crippen LogP contribution is -2.69. The molecule has 2 aliphatic heterocycles. The van der Waals surface area contributed by atoms with E-state index >= 15 is 0 Å². The summed E-state index contributed by atoms with van der Waals surface area (Å²) in [5.41, 5.74) is 0. The Morgan fingerprint density at radius 3 is 1.34 bits per heavy atom. The molecule has 0 amide bonds. The molecule has 2 rings (SSSR count). The van der Waals surface area contributed by atoms with Crippen molar-refractivity contribution in [2.24, 2.45) is 0 Å². The van der Waals surface area contributed by atoms with E-state index in [0.717, 1.165) is 0 Å². The van der Waals surface area contributed by atoms with Gasteiger partial charge in [-0.05, 0) is 0 Å². The molecule has 2 unspecified atom stereocenters. The second-order valence-corrected chi connectivity index (χ2v) is 6.62. The van der Waals surface area contributed by atoms with E-state index in [-0.39, 0.29) is 0 Å². The van der Waals surface area contributed by atoms with Crippen molar-refractivity contribution >= 4 is 19.1 Å². The molecule has 17 nitrogen and oxygen atoms in total. The standard InChI is InChI=1S/C15H22O17/c16-1-5-7(20)9(22)11(24)14(29-5,27-3-18)31-13(26)32-15(28-4-19)12(25)10(23)8(21)6(2-17)30-15/h3-12,16-17,20-25H,1-2H2/t5-,6+,7-,8+,9+,10-,11+,12-,14?,15?. The number of hydrogen-bond donors (Lipinski definition) is 8. The maximum Gasteiger partial charge on any atom is 0.518 e. The minimum absolute atomic E-state index is 0.402. The molecule has 0 aliphatic carbocycles. The van der Waals surface area contributed by atoms with E-state index in [9.17, 15) is 55.2 Å². The molecule has 0 aromatic carbocycles. The van der Waals surface area contributed by atoms with Gasteiger partial charge in [-0.3, -0.25) is 19.1 Å². The molecule has 17 heteroatoms. The van der Waals surface area contributed by atoms with Crippen molar-refractivity contribution in [3.8, 4) is 0 Å². The van der Waals surface area contributed by atoms with E-state index < -0.39 is 93.1 Å². The lowest BCUT2D eigenvalue weighted by molar-refractivity contribution is -0.453. The molecule has 8 N–H and O–H groups in total. The Kier molecular flexibility index (Phi) is 8.28. The van der Waals surface area contributed by atoms with Gasteiger partial charge >= 0.3 is 18.1 Å². The molecule has 184 valence electrons. The highest BCUT2D eigenvalue weighted by Gasteiger charge is 2.62. The van der Waals surface area contributed by atoms with Crippen LogP contribution in [0.1, 0.15) is 0 Å². The lowest BCUT2D eigenvalue weighted by Gasteiger charge is -2.46. The number of ether oxygens (including phenoxy) is 6. The van der Waals surface area contributed by atoms with Crippen LogP contribution in [0.2, 0.25) is 0 Å². The summed E-state index contributed by atoms with van der Waals surface area (Å²) < 4.78 is 27.7. The van der Waals surface area contributed by atoms with Crippen molar-refractivity contribution in [2.75, 3.05) is 13.2 Å². The molecular weight excluding hydrogens is 452 g/mol. The highest BCUT2D eigenvalue weighted by Crippen LogP contribution is 2.36. The largest absolute Gasteiger partial charge is 0.518 e. The molecule has 0 aromatic rings. The zero-order chi connectivity index (χ0) is 24.3. The fourth-order valence-corrected chi connectivity index (χ4v) is 3.02. The Hall–Kier alpha value is -2.19. The van der Waals surface area contributed by atoms with Crippen molar-refractivity contribution in [3.63, 3.8) is 0 Å². The Labute approximate surface area is 177 Å². The quantitative estimate of drug-likeness (QED) is 0.0923. The zero-order valence-electron chi connectivity index (χ0n) is 15.9. The third-order valence-electron chi connectivity index (χ3n) is 4.70. The average molecular weight is 474 g/mol. The van der Waals surface area contributed by atoms with Crippen LogP contribution < -0.4 is 0 Å². The van der Waals surface area contributed by atoms with Crippen molar-refractivity contribution in [3.05, 3.63) is 0 Å². The summed E-state index contributed by atoms with van der Waals surface area (Å²) in [7, 11) is 0. The molecule has 0 bridgehead atoms. The van der Waals surface area contributed by atoms with E-state index in [0.29, 0.717) is 0 Å². The van der Waals surface area contributed by atoms with Gasteiger partial charge in [-0.1, -0.05) is 0 Å². The van der Waals surface area contributed by atoms with E-state index in [1.807, 2.05) is 0 Å². The van der Waals surface area contributed by atoms with Crippen molar-refractivity contribution in [1.29, 1.82) is 0 Å². The molecule has 10 atom stereocenters. The average Bonchev–Trinajstić information content (AvgIpc) is 2.76. The summed E-state index contributed by atoms with van der Waals surface area (Å²) in [4.78, 5) is 34.1. The van der Waals surface area contributed by atoms with Crippen LogP contribution >= 0.6 is 0 Å². The first-order chi connectivity index (χ1) is 15.0. The number of aliphatic hydroxyl groups is 8. The van der Waals surface area contributed by atoms with Crippen LogP contribution in [0.3, 0.4) is 0 Å². The summed E-state index contributed by atoms with van der Waals surface area (Å²) in [5, 5.41) is 78.1. The predicted octanol–water partition coefficient (Wildman–Crippen LogP) is -6.26. The molecule has 0 saturated carbocycles. The van der Waals surface area contributed by atoms with Gasteiger partial charge in [0, 0.05) is 0 Å². The van der Waals surface area contributed by atoms with Gasteiger partial charge in [-0.2, -0.15) is 0 Å². The van der Waals surface area contributed by atoms with Gasteiger partial charge in [0.25, 0.3) is 12.9 Å². The van der Waals surface area contributed by atoms with E-state index in [2.05, 4.69) is 18.9 Å². The van der Waals surface area contributed by atoms with Crippen LogP contribution in [0, 0.1) is 0 Å². The van der Waals surface area contributed by atoms with Crippen LogP contribution in [0.4, 0.5) is 4.79 Å². The Balaban J connectivity index is 2.33. The van der Waals surface area contributed by atoms with Gasteiger partial charge in [0.2, 0.25) is 0 Å². The SMILES string of the molecule is O=COC1(OC(=O)OC2(OC=O)O[C@H](CO)[C@@H](O)[C@H](O)[C@@H]2O)O[C@@H](CO)[C@H](O)[C@@H](O)[C@H]1O. The topological polar surface area (TPSA) is 268 Å². The van der Waals surface area contributed by atoms with E-state index in [1.165, 1.54) is 0 Å². The maximum absolute atomic E-state index is 12.4. The molecular formula is C15H22O17. The first-order valence-electron chi connectivity index (χ1n) is 8.83. The van der Waals surface area contributed by atoms with Gasteiger partial charge in [0.05, 0.1) is 13.2 Å². The van der Waals surface area contributed by atoms with E-state index in [4.69, 9.17) is 9.47 Å². The van der Waals surface area contributed by atoms with Gasteiger partial charge in [-0.15, -0.1) is 0 Å². The van der Waals surface area contributed by atoms with Gasteiger partial charge in [0.1, 0.15) is 36.6 Å². The predicted molar refractivity (Wildman–Crippen MR) is 87.3 cm³/mol. The van der Waals surface area contributed by atoms with Crippen molar-refractivity contribution in [1.82, 2.24) is 0 Å². The summed E-state index contributed by atoms with van der Waals surface area (Å²) >= 11 is 0. The third-order valence-corrected chi connectivity index (χ3v) is 4.70. The summed E-state index contributed by atoms with van der Waals surface area (Å²) in [6.45, 7) is -2.84. The smallest absolute Gasteiger partial charge is 0.398 e. The second kappa shape index (κ2) is 10.2. The summed E-state index contributed by atoms with van der Waals surface area (Å²) in [5.74, 6) is -6.44. The molecule has 2 heterocycles. The molecule has 2 saturated heterocycles. The highest BCUT2D eigenvalue weighted by atomic mass is 17.0. The minimum Gasteiger partial charge on any atom is -0.398 e. The molecule has 0 radical (unpaired) electrons. The van der Waals surface area contributed by atoms with Crippen LogP contribution in [-0.4, -0.2) is 134 Å². The highest BCUT2D eigenvalue weighted by molar-refractivity contribution is 5.61. The number of carbonyl (C=O) groups excluding carboxylic acids is 3. The van der Waals surface area contributed by atoms with Gasteiger partial charge in [0.15, 0.2) is 12.2 Å². The fraction of sp³-hybridized carbons (Fsp3) is 0.800. The summed E-state index contributed by atoms with van der Waals surface area (Å²) in [6, 6.07) is 0. The van der Waals surface area contributed by atoms with Crippen LogP contribution in [-0.2, 0) is 38.0 Å². The van der Waals surface area contributed by atoms with E-state index in [1.54, 1.807) is 0 Å². The molecule has 32 heavy (non-hydrogen) atoms. The van der Waals surface area contributed by atoms with Crippen LogP contribution in [0.5, 0.6) is 0 Å². The van der Waals surface area contributed by atoms with Crippen LogP contribution in [0.15, 0.2) is 0 Å². The lowest BCUT2D eigenvalue weighted by atomic mass is 9.97. The number of aliphatic hydroxyl groups excluding tert-OH is 8. The Morgan fingerprint density at radius 2 is 1.06 bits per heavy atom. The maximum atomic E-state index is 12.4. The minimum atomic E-state index is -3.22. The number of rotatable bonds is 8. The number of hydrogen-bond acceptors (Lipinski definition) is 17. The number of carbonyl (C=O) groups is 3. The van der Waals surface area contributed by atoms with Crippen molar-refractivity contribution < 1.29 is 83.7 Å². The molecule has 2 aliphatic rings. The fourth-order valence-electron chi connectivity index (χ4n) is 3.02. The first-order valence-corrected chi connectivity index (χ1v) is 8.83. The monoisotopic (exact) mass is 474 g/mol. The third kappa shape index (κ3) is 4.62. The van der Waals surface area contributed by atoms with Crippen LogP contribution in [0.25, 0.3) is 0 Å². The summed E-state index contributed by atoms with van der Waals surface area (Å²) in [6.07, 6.45) is -18.8. The normalized spacial score (nSPS) is 44.2. The van der Waals surface area contributed by atoms with Gasteiger partial charge < -0.3 is 59.8 Å². The first kappa shape index (κ1) is 26.1. The zero-order valence-corrected chi connectivity index (χ0v) is 15.9. The second-order valence-electron chi connectivity index (χ2n) is 6.62.